The van der Waals surface area contributed by atoms with E-state index in [4.69, 9.17) is 22.1 Å². The Morgan fingerprint density at radius 3 is 2.54 bits per heavy atom. The number of fused-ring (bicyclic) bond motifs is 1. The molecule has 1 aliphatic carbocycles. The van der Waals surface area contributed by atoms with Gasteiger partial charge in [-0.2, -0.15) is 0 Å². The lowest BCUT2D eigenvalue weighted by molar-refractivity contribution is -0.119. The van der Waals surface area contributed by atoms with Gasteiger partial charge in [0.05, 0.1) is 11.1 Å². The van der Waals surface area contributed by atoms with Crippen LogP contribution in [-0.2, 0) is 22.4 Å². The fourth-order valence-corrected chi connectivity index (χ4v) is 4.31. The molecule has 0 saturated carbocycles. The number of thiophene rings is 1. The van der Waals surface area contributed by atoms with Crippen molar-refractivity contribution in [3.63, 3.8) is 0 Å². The van der Waals surface area contributed by atoms with Crippen LogP contribution in [0.25, 0.3) is 0 Å². The second kappa shape index (κ2) is 7.88. The molecule has 6 nitrogen and oxygen atoms in total. The number of esters is 1. The van der Waals surface area contributed by atoms with Crippen LogP contribution in [0.1, 0.15) is 44.0 Å². The molecule has 1 aromatic carbocycles. The molecule has 3 N–H and O–H groups in total. The van der Waals surface area contributed by atoms with Crippen molar-refractivity contribution < 1.29 is 19.1 Å². The maximum atomic E-state index is 12.1. The summed E-state index contributed by atoms with van der Waals surface area (Å²) in [7, 11) is 0. The van der Waals surface area contributed by atoms with Crippen LogP contribution in [0, 0.1) is 0 Å². The summed E-state index contributed by atoms with van der Waals surface area (Å²) >= 11 is 7.13. The van der Waals surface area contributed by atoms with Crippen LogP contribution >= 0.6 is 22.9 Å². The number of rotatable bonds is 5. The average molecular weight is 393 g/mol. The van der Waals surface area contributed by atoms with E-state index in [1.165, 1.54) is 23.5 Å². The molecule has 26 heavy (non-hydrogen) atoms. The number of amides is 2. The van der Waals surface area contributed by atoms with Crippen LogP contribution < -0.4 is 11.1 Å². The first-order valence-electron chi connectivity index (χ1n) is 8.12. The van der Waals surface area contributed by atoms with Gasteiger partial charge in [-0.15, -0.1) is 11.3 Å². The van der Waals surface area contributed by atoms with Gasteiger partial charge in [-0.05, 0) is 55.5 Å². The number of benzene rings is 1. The van der Waals surface area contributed by atoms with Crippen molar-refractivity contribution in [3.8, 4) is 0 Å². The second-order valence-corrected chi connectivity index (χ2v) is 7.45. The number of aryl methyl sites for hydroxylation is 1. The van der Waals surface area contributed by atoms with Gasteiger partial charge in [0, 0.05) is 9.90 Å². The lowest BCUT2D eigenvalue weighted by Crippen LogP contribution is -2.23. The van der Waals surface area contributed by atoms with Crippen LogP contribution in [0.4, 0.5) is 5.00 Å². The zero-order valence-corrected chi connectivity index (χ0v) is 15.4. The standard InChI is InChI=1S/C18H17ClN2O4S/c19-11-7-5-10(6-8-11)18(24)25-9-14(22)21-17-15(16(20)23)12-3-1-2-4-13(12)26-17/h5-8H,1-4,9H2,(H2,20,23)(H,21,22). The highest BCUT2D eigenvalue weighted by atomic mass is 35.5. The van der Waals surface area contributed by atoms with Gasteiger partial charge < -0.3 is 15.8 Å². The summed E-state index contributed by atoms with van der Waals surface area (Å²) in [4.78, 5) is 36.9. The number of ether oxygens (including phenoxy) is 1. The fraction of sp³-hybridized carbons (Fsp3) is 0.278. The van der Waals surface area contributed by atoms with Gasteiger partial charge in [0.2, 0.25) is 0 Å². The molecule has 0 saturated heterocycles. The molecule has 2 aromatic rings. The van der Waals surface area contributed by atoms with Crippen LogP contribution in [0.2, 0.25) is 5.02 Å². The number of hydrogen-bond acceptors (Lipinski definition) is 5. The molecule has 0 bridgehead atoms. The minimum Gasteiger partial charge on any atom is -0.452 e. The number of anilines is 1. The molecule has 0 fully saturated rings. The molecule has 0 aliphatic heterocycles. The topological polar surface area (TPSA) is 98.5 Å². The number of nitrogens with one attached hydrogen (secondary N) is 1. The van der Waals surface area contributed by atoms with Gasteiger partial charge in [-0.25, -0.2) is 4.79 Å². The van der Waals surface area contributed by atoms with Crippen molar-refractivity contribution in [2.45, 2.75) is 25.7 Å². The van der Waals surface area contributed by atoms with Crippen LogP contribution in [0.5, 0.6) is 0 Å². The molecular formula is C18H17ClN2O4S. The molecule has 0 atom stereocenters. The first-order chi connectivity index (χ1) is 12.5. The predicted octanol–water partition coefficient (Wildman–Crippen LogP) is 3.17. The van der Waals surface area contributed by atoms with Crippen LogP contribution in [0.3, 0.4) is 0 Å². The van der Waals surface area contributed by atoms with E-state index in [1.54, 1.807) is 12.1 Å². The smallest absolute Gasteiger partial charge is 0.338 e. The molecule has 0 unspecified atom stereocenters. The third-order valence-corrected chi connectivity index (χ3v) is 5.54. The second-order valence-electron chi connectivity index (χ2n) is 5.91. The Kier molecular flexibility index (Phi) is 5.58. The molecule has 1 heterocycles. The lowest BCUT2D eigenvalue weighted by atomic mass is 9.95. The maximum Gasteiger partial charge on any atom is 0.338 e. The monoisotopic (exact) mass is 392 g/mol. The summed E-state index contributed by atoms with van der Waals surface area (Å²) in [5, 5.41) is 3.57. The van der Waals surface area contributed by atoms with Gasteiger partial charge in [0.25, 0.3) is 11.8 Å². The van der Waals surface area contributed by atoms with Crippen molar-refractivity contribution >= 4 is 45.7 Å². The minimum atomic E-state index is -0.627. The van der Waals surface area contributed by atoms with Crippen molar-refractivity contribution in [1.82, 2.24) is 0 Å². The SMILES string of the molecule is NC(=O)c1c(NC(=O)COC(=O)c2ccc(Cl)cc2)sc2c1CCCC2. The maximum absolute atomic E-state index is 12.1. The van der Waals surface area contributed by atoms with E-state index in [9.17, 15) is 14.4 Å². The Morgan fingerprint density at radius 2 is 1.85 bits per heavy atom. The minimum absolute atomic E-state index is 0.298. The number of primary amides is 1. The highest BCUT2D eigenvalue weighted by Crippen LogP contribution is 2.37. The number of hydrogen-bond donors (Lipinski definition) is 2. The first-order valence-corrected chi connectivity index (χ1v) is 9.32. The Morgan fingerprint density at radius 1 is 1.15 bits per heavy atom. The molecule has 0 radical (unpaired) electrons. The largest absolute Gasteiger partial charge is 0.452 e. The van der Waals surface area contributed by atoms with Gasteiger partial charge in [-0.1, -0.05) is 11.6 Å². The van der Waals surface area contributed by atoms with Crippen molar-refractivity contribution in [2.24, 2.45) is 5.73 Å². The Hall–Kier alpha value is -2.38. The van der Waals surface area contributed by atoms with Crippen LogP contribution in [0.15, 0.2) is 24.3 Å². The van der Waals surface area contributed by atoms with E-state index >= 15 is 0 Å². The molecule has 1 aliphatic rings. The zero-order chi connectivity index (χ0) is 18.7. The van der Waals surface area contributed by atoms with Gasteiger partial charge in [-0.3, -0.25) is 9.59 Å². The molecule has 136 valence electrons. The summed E-state index contributed by atoms with van der Waals surface area (Å²) < 4.78 is 5.00. The molecule has 3 rings (SSSR count). The predicted molar refractivity (Wildman–Crippen MR) is 99.8 cm³/mol. The molecule has 0 spiro atoms. The lowest BCUT2D eigenvalue weighted by Gasteiger charge is -2.11. The molecule has 2 amide bonds. The van der Waals surface area contributed by atoms with Gasteiger partial charge >= 0.3 is 5.97 Å². The Bertz CT molecular complexity index is 861. The number of carbonyl (C=O) groups excluding carboxylic acids is 3. The van der Waals surface area contributed by atoms with E-state index in [0.717, 1.165) is 36.1 Å². The zero-order valence-electron chi connectivity index (χ0n) is 13.8. The summed E-state index contributed by atoms with van der Waals surface area (Å²) in [6.45, 7) is -0.456. The van der Waals surface area contributed by atoms with Crippen molar-refractivity contribution in [3.05, 3.63) is 50.9 Å². The summed E-state index contributed by atoms with van der Waals surface area (Å²) in [5.74, 6) is -1.70. The third-order valence-electron chi connectivity index (χ3n) is 4.08. The van der Waals surface area contributed by atoms with E-state index in [0.29, 0.717) is 21.2 Å². The number of nitrogens with two attached hydrogens (primary N) is 1. The summed E-state index contributed by atoms with van der Waals surface area (Å²) in [6.07, 6.45) is 3.71. The Labute approximate surface area is 159 Å². The molecular weight excluding hydrogens is 376 g/mol. The highest BCUT2D eigenvalue weighted by Gasteiger charge is 2.25. The van der Waals surface area contributed by atoms with Crippen molar-refractivity contribution in [2.75, 3.05) is 11.9 Å². The quantitative estimate of drug-likeness (QED) is 0.763. The average Bonchev–Trinajstić information content (AvgIpc) is 2.98. The van der Waals surface area contributed by atoms with E-state index in [2.05, 4.69) is 5.32 Å². The Balaban J connectivity index is 1.65. The summed E-state index contributed by atoms with van der Waals surface area (Å²) in [6, 6.07) is 6.16. The van der Waals surface area contributed by atoms with Crippen molar-refractivity contribution in [1.29, 1.82) is 0 Å². The number of carbonyl (C=O) groups is 3. The third kappa shape index (κ3) is 4.05. The molecule has 1 aromatic heterocycles. The van der Waals surface area contributed by atoms with Gasteiger partial charge in [0.1, 0.15) is 5.00 Å². The van der Waals surface area contributed by atoms with Crippen LogP contribution in [-0.4, -0.2) is 24.4 Å². The fourth-order valence-electron chi connectivity index (χ4n) is 2.88. The van der Waals surface area contributed by atoms with E-state index in [-0.39, 0.29) is 0 Å². The normalized spacial score (nSPS) is 13.0. The van der Waals surface area contributed by atoms with E-state index in [1.807, 2.05) is 0 Å². The van der Waals surface area contributed by atoms with E-state index < -0.39 is 24.4 Å². The first kappa shape index (κ1) is 18.4. The number of halogens is 1. The summed E-state index contributed by atoms with van der Waals surface area (Å²) in [5.41, 5.74) is 7.10. The molecule has 8 heteroatoms. The van der Waals surface area contributed by atoms with Gasteiger partial charge in [0.15, 0.2) is 6.61 Å². The highest BCUT2D eigenvalue weighted by molar-refractivity contribution is 7.17.